The van der Waals surface area contributed by atoms with Crippen LogP contribution in [0.5, 0.6) is 0 Å². The number of hydrogen-bond acceptors (Lipinski definition) is 0. The number of aryl methyl sites for hydroxylation is 1. The summed E-state index contributed by atoms with van der Waals surface area (Å²) in [5, 5.41) is 1.64. The van der Waals surface area contributed by atoms with Crippen molar-refractivity contribution >= 4 is 22.4 Å². The average molecular weight is 387 g/mol. The summed E-state index contributed by atoms with van der Waals surface area (Å²) in [6, 6.07) is 12.2. The molecule has 0 fully saturated rings. The van der Waals surface area contributed by atoms with Crippen molar-refractivity contribution in [3.8, 4) is 11.1 Å². The molecule has 0 bridgehead atoms. The van der Waals surface area contributed by atoms with E-state index in [1.165, 1.54) is 17.7 Å². The highest BCUT2D eigenvalue weighted by atomic mass is 35.5. The molecule has 27 heavy (non-hydrogen) atoms. The first-order valence-electron chi connectivity index (χ1n) is 9.75. The number of benzene rings is 3. The van der Waals surface area contributed by atoms with Crippen LogP contribution in [0.3, 0.4) is 0 Å². The zero-order valence-corrected chi connectivity index (χ0v) is 16.7. The maximum atomic E-state index is 15.6. The molecule has 0 radical (unpaired) electrons. The molecule has 0 aromatic heterocycles. The quantitative estimate of drug-likeness (QED) is 0.384. The van der Waals surface area contributed by atoms with Gasteiger partial charge in [0.2, 0.25) is 0 Å². The zero-order valence-electron chi connectivity index (χ0n) is 15.9. The van der Waals surface area contributed by atoms with Crippen LogP contribution in [0, 0.1) is 11.6 Å². The smallest absolute Gasteiger partial charge is 0.142 e. The Morgan fingerprint density at radius 2 is 1.44 bits per heavy atom. The summed E-state index contributed by atoms with van der Waals surface area (Å²) in [6.07, 6.45) is 5.80. The lowest BCUT2D eigenvalue weighted by molar-refractivity contribution is 0.626. The molecule has 0 saturated heterocycles. The highest BCUT2D eigenvalue weighted by Crippen LogP contribution is 2.38. The minimum absolute atomic E-state index is 0.0567. The number of fused-ring (bicyclic) bond motifs is 1. The van der Waals surface area contributed by atoms with E-state index in [1.54, 1.807) is 6.07 Å². The first kappa shape index (κ1) is 19.8. The lowest BCUT2D eigenvalue weighted by Gasteiger charge is -2.20. The lowest BCUT2D eigenvalue weighted by Crippen LogP contribution is -2.04. The van der Waals surface area contributed by atoms with Gasteiger partial charge in [-0.25, -0.2) is 8.78 Å². The van der Waals surface area contributed by atoms with Gasteiger partial charge in [0.1, 0.15) is 11.6 Å². The van der Waals surface area contributed by atoms with Gasteiger partial charge in [-0.15, -0.1) is 0 Å². The first-order chi connectivity index (χ1) is 13.1. The van der Waals surface area contributed by atoms with Crippen molar-refractivity contribution in [2.24, 2.45) is 0 Å². The largest absolute Gasteiger partial charge is 0.206 e. The average Bonchev–Trinajstić information content (AvgIpc) is 2.68. The topological polar surface area (TPSA) is 0 Å². The molecule has 3 aromatic rings. The molecule has 0 aliphatic rings. The van der Waals surface area contributed by atoms with Crippen LogP contribution in [0.15, 0.2) is 42.5 Å². The van der Waals surface area contributed by atoms with Gasteiger partial charge in [0.25, 0.3) is 0 Å². The highest BCUT2D eigenvalue weighted by molar-refractivity contribution is 6.30. The minimum Gasteiger partial charge on any atom is -0.206 e. The Morgan fingerprint density at radius 3 is 2.07 bits per heavy atom. The van der Waals surface area contributed by atoms with Crippen molar-refractivity contribution < 1.29 is 8.78 Å². The predicted octanol–water partition coefficient (Wildman–Crippen LogP) is 8.12. The van der Waals surface area contributed by atoms with Crippen LogP contribution >= 0.6 is 11.6 Å². The van der Waals surface area contributed by atoms with Gasteiger partial charge >= 0.3 is 0 Å². The second-order valence-electron chi connectivity index (χ2n) is 7.03. The third-order valence-corrected chi connectivity index (χ3v) is 5.45. The second kappa shape index (κ2) is 8.84. The maximum absolute atomic E-state index is 15.6. The van der Waals surface area contributed by atoms with Gasteiger partial charge in [-0.2, -0.15) is 0 Å². The first-order valence-corrected chi connectivity index (χ1v) is 10.1. The summed E-state index contributed by atoms with van der Waals surface area (Å²) in [7, 11) is 0. The summed E-state index contributed by atoms with van der Waals surface area (Å²) < 4.78 is 29.8. The number of unbranched alkanes of at least 4 members (excludes halogenated alkanes) is 2. The van der Waals surface area contributed by atoms with E-state index in [4.69, 9.17) is 11.6 Å². The van der Waals surface area contributed by atoms with E-state index < -0.39 is 5.82 Å². The van der Waals surface area contributed by atoms with Crippen molar-refractivity contribution in [3.63, 3.8) is 0 Å². The van der Waals surface area contributed by atoms with Crippen LogP contribution in [0.4, 0.5) is 8.78 Å². The Balaban J connectivity index is 2.34. The Labute approximate surface area is 165 Å². The van der Waals surface area contributed by atoms with Crippen molar-refractivity contribution in [2.75, 3.05) is 0 Å². The van der Waals surface area contributed by atoms with E-state index in [2.05, 4.69) is 13.8 Å². The molecule has 0 saturated carbocycles. The number of hydrogen-bond donors (Lipinski definition) is 0. The molecular formula is C24H25ClF2. The van der Waals surface area contributed by atoms with Crippen molar-refractivity contribution in [1.29, 1.82) is 0 Å². The minimum atomic E-state index is -0.515. The summed E-state index contributed by atoms with van der Waals surface area (Å²) in [6.45, 7) is 4.29. The van der Waals surface area contributed by atoms with Crippen LogP contribution in [-0.2, 0) is 12.8 Å². The van der Waals surface area contributed by atoms with Crippen molar-refractivity contribution in [1.82, 2.24) is 0 Å². The SMILES string of the molecule is CCCCc1c(-c2ccc(Cl)c(F)c2)c(F)c2ccccc2c1CCCC. The molecule has 3 aromatic carbocycles. The fourth-order valence-electron chi connectivity index (χ4n) is 3.74. The molecule has 0 aliphatic heterocycles. The molecule has 0 nitrogen and oxygen atoms in total. The standard InChI is InChI=1S/C24H25ClF2/c1-3-5-9-17-18-11-7-8-12-20(18)24(27)23(19(17)10-6-4-2)16-13-14-21(25)22(26)15-16/h7-8,11-15H,3-6,9-10H2,1-2H3. The Kier molecular flexibility index (Phi) is 6.49. The van der Waals surface area contributed by atoms with E-state index in [0.29, 0.717) is 16.5 Å². The second-order valence-corrected chi connectivity index (χ2v) is 7.43. The molecule has 0 unspecified atom stereocenters. The zero-order chi connectivity index (χ0) is 19.4. The number of halogens is 3. The Morgan fingerprint density at radius 1 is 0.815 bits per heavy atom. The van der Waals surface area contributed by atoms with Gasteiger partial charge < -0.3 is 0 Å². The van der Waals surface area contributed by atoms with Crippen LogP contribution in [0.1, 0.15) is 50.7 Å². The molecule has 0 amide bonds. The Bertz CT molecular complexity index is 947. The molecular weight excluding hydrogens is 362 g/mol. The van der Waals surface area contributed by atoms with E-state index in [0.717, 1.165) is 49.5 Å². The van der Waals surface area contributed by atoms with Gasteiger partial charge in [0.15, 0.2) is 0 Å². The summed E-state index contributed by atoms with van der Waals surface area (Å²) in [5.74, 6) is -0.781. The highest BCUT2D eigenvalue weighted by Gasteiger charge is 2.20. The van der Waals surface area contributed by atoms with Gasteiger partial charge in [0.05, 0.1) is 5.02 Å². The molecule has 0 atom stereocenters. The molecule has 0 spiro atoms. The summed E-state index contributed by atoms with van der Waals surface area (Å²) >= 11 is 5.86. The lowest BCUT2D eigenvalue weighted by atomic mass is 9.85. The van der Waals surface area contributed by atoms with E-state index in [9.17, 15) is 4.39 Å². The molecule has 0 aliphatic carbocycles. The third-order valence-electron chi connectivity index (χ3n) is 5.14. The molecule has 3 rings (SSSR count). The predicted molar refractivity (Wildman–Crippen MR) is 112 cm³/mol. The van der Waals surface area contributed by atoms with E-state index in [-0.39, 0.29) is 10.8 Å². The van der Waals surface area contributed by atoms with Gasteiger partial charge in [-0.1, -0.05) is 68.6 Å². The van der Waals surface area contributed by atoms with Gasteiger partial charge in [-0.3, -0.25) is 0 Å². The summed E-state index contributed by atoms with van der Waals surface area (Å²) in [5.41, 5.74) is 3.31. The summed E-state index contributed by atoms with van der Waals surface area (Å²) in [4.78, 5) is 0. The van der Waals surface area contributed by atoms with E-state index >= 15 is 4.39 Å². The fraction of sp³-hybridized carbons (Fsp3) is 0.333. The maximum Gasteiger partial charge on any atom is 0.142 e. The van der Waals surface area contributed by atoms with E-state index in [1.807, 2.05) is 24.3 Å². The van der Waals surface area contributed by atoms with Crippen LogP contribution in [0.25, 0.3) is 21.9 Å². The van der Waals surface area contributed by atoms with Gasteiger partial charge in [0, 0.05) is 10.9 Å². The van der Waals surface area contributed by atoms with Crippen LogP contribution < -0.4 is 0 Å². The molecule has 0 N–H and O–H groups in total. The molecule has 142 valence electrons. The fourth-order valence-corrected chi connectivity index (χ4v) is 3.86. The monoisotopic (exact) mass is 386 g/mol. The van der Waals surface area contributed by atoms with Crippen LogP contribution in [0.2, 0.25) is 5.02 Å². The van der Waals surface area contributed by atoms with Crippen molar-refractivity contribution in [3.05, 3.63) is 70.2 Å². The number of rotatable bonds is 7. The molecule has 0 heterocycles. The Hall–Kier alpha value is -1.93. The molecule has 3 heteroatoms. The third kappa shape index (κ3) is 4.01. The normalized spacial score (nSPS) is 11.3. The van der Waals surface area contributed by atoms with Crippen LogP contribution in [-0.4, -0.2) is 0 Å². The van der Waals surface area contributed by atoms with Gasteiger partial charge in [-0.05, 0) is 59.9 Å². The van der Waals surface area contributed by atoms with Crippen molar-refractivity contribution in [2.45, 2.75) is 52.4 Å².